The Kier molecular flexibility index (Phi) is 3.40. The number of rotatable bonds is 2. The number of halogens is 2. The molecule has 1 atom stereocenters. The summed E-state index contributed by atoms with van der Waals surface area (Å²) < 4.78 is 27.1. The van der Waals surface area contributed by atoms with E-state index < -0.39 is 18.3 Å². The van der Waals surface area contributed by atoms with E-state index in [-0.39, 0.29) is 12.5 Å². The lowest BCUT2D eigenvalue weighted by Crippen LogP contribution is -2.62. The lowest BCUT2D eigenvalue weighted by atomic mass is 9.93. The zero-order valence-corrected chi connectivity index (χ0v) is 10.2. The summed E-state index contributed by atoms with van der Waals surface area (Å²) in [5, 5.41) is 18.7. The molecule has 0 radical (unpaired) electrons. The third-order valence-electron chi connectivity index (χ3n) is 3.42. The highest BCUT2D eigenvalue weighted by Gasteiger charge is 2.57. The fraction of sp³-hybridized carbons (Fsp3) is 0.538. The van der Waals surface area contributed by atoms with E-state index in [1.807, 2.05) is 30.3 Å². The molecule has 0 saturated carbocycles. The molecule has 5 heteroatoms. The van der Waals surface area contributed by atoms with Gasteiger partial charge in [-0.25, -0.2) is 0 Å². The Labute approximate surface area is 105 Å². The molecule has 1 aliphatic rings. The van der Waals surface area contributed by atoms with E-state index in [1.54, 1.807) is 11.8 Å². The average molecular weight is 257 g/mol. The zero-order chi connectivity index (χ0) is 13.4. The van der Waals surface area contributed by atoms with Crippen LogP contribution in [0.25, 0.3) is 0 Å². The number of likely N-dealkylation sites (tertiary alicyclic amines) is 1. The van der Waals surface area contributed by atoms with Crippen LogP contribution in [0.4, 0.5) is 8.78 Å². The van der Waals surface area contributed by atoms with E-state index in [0.29, 0.717) is 6.54 Å². The van der Waals surface area contributed by atoms with Gasteiger partial charge in [-0.1, -0.05) is 30.3 Å². The quantitative estimate of drug-likeness (QED) is 0.791. The molecule has 0 amide bonds. The van der Waals surface area contributed by atoms with Crippen molar-refractivity contribution in [2.24, 2.45) is 0 Å². The molecular formula is C13H17F2NO2. The van der Waals surface area contributed by atoms with Gasteiger partial charge in [-0.3, -0.25) is 4.90 Å². The molecule has 0 aliphatic carbocycles. The Morgan fingerprint density at radius 2 is 1.89 bits per heavy atom. The Bertz CT molecular complexity index is 409. The van der Waals surface area contributed by atoms with Crippen molar-refractivity contribution in [2.45, 2.75) is 37.6 Å². The van der Waals surface area contributed by atoms with Crippen LogP contribution in [0.15, 0.2) is 30.3 Å². The first-order chi connectivity index (χ1) is 8.32. The van der Waals surface area contributed by atoms with Gasteiger partial charge in [-0.05, 0) is 12.5 Å². The van der Waals surface area contributed by atoms with Gasteiger partial charge in [-0.2, -0.15) is 8.78 Å². The molecule has 2 rings (SSSR count). The summed E-state index contributed by atoms with van der Waals surface area (Å²) in [4.78, 5) is 1.57. The monoisotopic (exact) mass is 257 g/mol. The summed E-state index contributed by atoms with van der Waals surface area (Å²) in [6.07, 6.45) is -0.354. The maximum atomic E-state index is 13.6. The Morgan fingerprint density at radius 3 is 2.50 bits per heavy atom. The minimum atomic E-state index is -3.51. The van der Waals surface area contributed by atoms with Crippen LogP contribution in [-0.2, 0) is 6.54 Å². The van der Waals surface area contributed by atoms with Crippen molar-refractivity contribution in [1.29, 1.82) is 0 Å². The van der Waals surface area contributed by atoms with Gasteiger partial charge in [0.05, 0.1) is 6.54 Å². The fourth-order valence-corrected chi connectivity index (χ4v) is 2.26. The SMILES string of the molecule is CC1CC(O)(O)C(F)(F)CN1Cc1ccccc1. The van der Waals surface area contributed by atoms with Gasteiger partial charge in [-0.15, -0.1) is 0 Å². The molecular weight excluding hydrogens is 240 g/mol. The molecule has 0 bridgehead atoms. The van der Waals surface area contributed by atoms with Crippen molar-refractivity contribution >= 4 is 0 Å². The van der Waals surface area contributed by atoms with Crippen molar-refractivity contribution in [3.63, 3.8) is 0 Å². The molecule has 1 saturated heterocycles. The molecule has 1 aliphatic heterocycles. The number of piperidine rings is 1. The van der Waals surface area contributed by atoms with Crippen LogP contribution in [-0.4, -0.2) is 39.4 Å². The molecule has 100 valence electrons. The van der Waals surface area contributed by atoms with Crippen LogP contribution >= 0.6 is 0 Å². The highest BCUT2D eigenvalue weighted by molar-refractivity contribution is 5.15. The molecule has 1 aromatic carbocycles. The first-order valence-corrected chi connectivity index (χ1v) is 5.92. The maximum absolute atomic E-state index is 13.6. The summed E-state index contributed by atoms with van der Waals surface area (Å²) in [7, 11) is 0. The first-order valence-electron chi connectivity index (χ1n) is 5.92. The second-order valence-corrected chi connectivity index (χ2v) is 4.96. The van der Waals surface area contributed by atoms with E-state index in [2.05, 4.69) is 0 Å². The van der Waals surface area contributed by atoms with Gasteiger partial charge in [0.15, 0.2) is 0 Å². The Morgan fingerprint density at radius 1 is 1.28 bits per heavy atom. The number of alkyl halides is 2. The molecule has 0 spiro atoms. The summed E-state index contributed by atoms with van der Waals surface area (Å²) in [6.45, 7) is 1.46. The third kappa shape index (κ3) is 2.53. The van der Waals surface area contributed by atoms with Gasteiger partial charge < -0.3 is 10.2 Å². The normalized spacial score (nSPS) is 27.1. The molecule has 1 unspecified atom stereocenters. The minimum Gasteiger partial charge on any atom is -0.361 e. The third-order valence-corrected chi connectivity index (χ3v) is 3.42. The number of hydrogen-bond acceptors (Lipinski definition) is 3. The number of nitrogens with zero attached hydrogens (tertiary/aromatic N) is 1. The fourth-order valence-electron chi connectivity index (χ4n) is 2.26. The van der Waals surface area contributed by atoms with Gasteiger partial charge in [0.2, 0.25) is 5.79 Å². The second-order valence-electron chi connectivity index (χ2n) is 4.96. The molecule has 18 heavy (non-hydrogen) atoms. The van der Waals surface area contributed by atoms with Crippen molar-refractivity contribution in [2.75, 3.05) is 6.54 Å². The Hall–Kier alpha value is -1.04. The maximum Gasteiger partial charge on any atom is 0.312 e. The van der Waals surface area contributed by atoms with E-state index in [1.165, 1.54) is 0 Å². The Balaban J connectivity index is 2.11. The largest absolute Gasteiger partial charge is 0.361 e. The molecule has 3 nitrogen and oxygen atoms in total. The summed E-state index contributed by atoms with van der Waals surface area (Å²) in [6, 6.07) is 8.99. The van der Waals surface area contributed by atoms with Crippen LogP contribution in [0.2, 0.25) is 0 Å². The van der Waals surface area contributed by atoms with E-state index >= 15 is 0 Å². The molecule has 1 aromatic rings. The predicted octanol–water partition coefficient (Wildman–Crippen LogP) is 1.60. The smallest absolute Gasteiger partial charge is 0.312 e. The first kappa shape index (κ1) is 13.4. The second kappa shape index (κ2) is 4.57. The van der Waals surface area contributed by atoms with Gasteiger partial charge in [0.1, 0.15) is 0 Å². The zero-order valence-electron chi connectivity index (χ0n) is 10.2. The van der Waals surface area contributed by atoms with Crippen LogP contribution < -0.4 is 0 Å². The van der Waals surface area contributed by atoms with Gasteiger partial charge in [0, 0.05) is 19.0 Å². The van der Waals surface area contributed by atoms with Crippen LogP contribution in [0, 0.1) is 0 Å². The van der Waals surface area contributed by atoms with Crippen LogP contribution in [0.3, 0.4) is 0 Å². The van der Waals surface area contributed by atoms with E-state index in [4.69, 9.17) is 0 Å². The standard InChI is InChI=1S/C13H17F2NO2/c1-10-7-13(17,18)12(14,15)9-16(10)8-11-5-3-2-4-6-11/h2-6,10,17-18H,7-9H2,1H3. The molecule has 2 N–H and O–H groups in total. The lowest BCUT2D eigenvalue weighted by Gasteiger charge is -2.44. The van der Waals surface area contributed by atoms with Crippen molar-refractivity contribution < 1.29 is 19.0 Å². The van der Waals surface area contributed by atoms with Crippen molar-refractivity contribution in [3.8, 4) is 0 Å². The van der Waals surface area contributed by atoms with Crippen LogP contribution in [0.1, 0.15) is 18.9 Å². The highest BCUT2D eigenvalue weighted by atomic mass is 19.3. The summed E-state index contributed by atoms with van der Waals surface area (Å²) in [5.41, 5.74) is 0.934. The summed E-state index contributed by atoms with van der Waals surface area (Å²) >= 11 is 0. The number of hydrogen-bond donors (Lipinski definition) is 2. The van der Waals surface area contributed by atoms with Gasteiger partial charge in [0.25, 0.3) is 0 Å². The van der Waals surface area contributed by atoms with Crippen molar-refractivity contribution in [1.82, 2.24) is 4.90 Å². The van der Waals surface area contributed by atoms with E-state index in [9.17, 15) is 19.0 Å². The number of benzene rings is 1. The minimum absolute atomic E-state index is 0.306. The van der Waals surface area contributed by atoms with Gasteiger partial charge >= 0.3 is 5.92 Å². The highest BCUT2D eigenvalue weighted by Crippen LogP contribution is 2.37. The molecule has 1 fully saturated rings. The lowest BCUT2D eigenvalue weighted by molar-refractivity contribution is -0.325. The van der Waals surface area contributed by atoms with Crippen LogP contribution in [0.5, 0.6) is 0 Å². The predicted molar refractivity (Wildman–Crippen MR) is 63.0 cm³/mol. The molecule has 0 aromatic heterocycles. The van der Waals surface area contributed by atoms with E-state index in [0.717, 1.165) is 5.56 Å². The number of aliphatic hydroxyl groups is 2. The van der Waals surface area contributed by atoms with Crippen molar-refractivity contribution in [3.05, 3.63) is 35.9 Å². The average Bonchev–Trinajstić information content (AvgIpc) is 2.27. The molecule has 1 heterocycles. The summed E-state index contributed by atoms with van der Waals surface area (Å²) in [5.74, 6) is -6.41. The topological polar surface area (TPSA) is 43.7 Å².